The second-order valence-electron chi connectivity index (χ2n) is 9.18. The number of allylic oxidation sites excluding steroid dienone is 2. The largest absolute Gasteiger partial charge is 0.395 e. The minimum absolute atomic E-state index is 0.00406. The lowest BCUT2D eigenvalue weighted by atomic mass is 9.95. The van der Waals surface area contributed by atoms with Crippen molar-refractivity contribution in [2.24, 2.45) is 0 Å². The average Bonchev–Trinajstić information content (AvgIpc) is 3.02. The first kappa shape index (κ1) is 31.9. The maximum atomic E-state index is 13.1. The van der Waals surface area contributed by atoms with Crippen molar-refractivity contribution in [1.29, 1.82) is 0 Å². The Hall–Kier alpha value is -3.66. The van der Waals surface area contributed by atoms with Gasteiger partial charge in [-0.1, -0.05) is 72.8 Å². The topological polar surface area (TPSA) is 106 Å². The van der Waals surface area contributed by atoms with E-state index in [0.29, 0.717) is 69.4 Å². The molecule has 0 radical (unpaired) electrons. The Bertz CT molecular complexity index is 1200. The van der Waals surface area contributed by atoms with Crippen molar-refractivity contribution < 1.29 is 34.0 Å². The van der Waals surface area contributed by atoms with Crippen LogP contribution in [0.25, 0.3) is 5.57 Å². The highest BCUT2D eigenvalue weighted by Crippen LogP contribution is 2.25. The highest BCUT2D eigenvalue weighted by atomic mass is 16.5. The second-order valence-corrected chi connectivity index (χ2v) is 9.18. The van der Waals surface area contributed by atoms with E-state index in [-0.39, 0.29) is 31.2 Å². The molecule has 8 nitrogen and oxygen atoms in total. The van der Waals surface area contributed by atoms with E-state index >= 15 is 0 Å². The van der Waals surface area contributed by atoms with E-state index in [4.69, 9.17) is 19.3 Å². The van der Waals surface area contributed by atoms with E-state index in [1.165, 1.54) is 0 Å². The normalized spacial score (nSPS) is 11.4. The van der Waals surface area contributed by atoms with Crippen LogP contribution in [-0.2, 0) is 14.2 Å². The van der Waals surface area contributed by atoms with Crippen LogP contribution in [0.2, 0.25) is 0 Å². The van der Waals surface area contributed by atoms with Gasteiger partial charge in [-0.2, -0.15) is 0 Å². The summed E-state index contributed by atoms with van der Waals surface area (Å²) < 4.78 is 16.2. The lowest BCUT2D eigenvalue weighted by Crippen LogP contribution is -2.30. The third-order valence-electron chi connectivity index (χ3n) is 6.27. The first-order valence-electron chi connectivity index (χ1n) is 13.8. The summed E-state index contributed by atoms with van der Waals surface area (Å²) in [4.78, 5) is 28.1. The van der Waals surface area contributed by atoms with Crippen molar-refractivity contribution in [2.45, 2.75) is 6.42 Å². The lowest BCUT2D eigenvalue weighted by molar-refractivity contribution is 0.00869. The summed E-state index contributed by atoms with van der Waals surface area (Å²) in [7, 11) is 0. The Morgan fingerprint density at radius 3 is 1.76 bits per heavy atom. The molecule has 0 bridgehead atoms. The summed E-state index contributed by atoms with van der Waals surface area (Å²) >= 11 is 0. The van der Waals surface area contributed by atoms with E-state index in [1.807, 2.05) is 65.6 Å². The predicted octanol–water partition coefficient (Wildman–Crippen LogP) is 4.07. The van der Waals surface area contributed by atoms with Crippen molar-refractivity contribution in [3.63, 3.8) is 0 Å². The van der Waals surface area contributed by atoms with E-state index in [9.17, 15) is 14.7 Å². The number of aliphatic hydroxyl groups is 2. The number of carbonyl (C=O) groups excluding carboxylic acids is 2. The van der Waals surface area contributed by atoms with Gasteiger partial charge in [0, 0.05) is 36.3 Å². The van der Waals surface area contributed by atoms with Crippen molar-refractivity contribution >= 4 is 22.8 Å². The number of anilines is 1. The first-order valence-corrected chi connectivity index (χ1v) is 13.8. The zero-order valence-corrected chi connectivity index (χ0v) is 23.3. The van der Waals surface area contributed by atoms with Crippen molar-refractivity contribution in [3.05, 3.63) is 108 Å². The smallest absolute Gasteiger partial charge is 0.186 e. The SMILES string of the molecule is O=C(/C=C(\CC(=O)c1ccccc1)c1ccc(N(CCO)CCOCCOCCOCCO)cc1)c1ccccc1. The third kappa shape index (κ3) is 11.4. The number of Topliss-reactive ketones (excluding diaryl/α,β-unsaturated/α-hetero) is 1. The van der Waals surface area contributed by atoms with Crippen LogP contribution in [0.15, 0.2) is 91.0 Å². The van der Waals surface area contributed by atoms with Gasteiger partial charge < -0.3 is 29.3 Å². The summed E-state index contributed by atoms with van der Waals surface area (Å²) in [5, 5.41) is 18.3. The molecule has 0 fully saturated rings. The molecule has 0 atom stereocenters. The van der Waals surface area contributed by atoms with Crippen LogP contribution in [0.4, 0.5) is 5.69 Å². The summed E-state index contributed by atoms with van der Waals surface area (Å²) in [6, 6.07) is 25.7. The Morgan fingerprint density at radius 1 is 0.610 bits per heavy atom. The minimum Gasteiger partial charge on any atom is -0.395 e. The Labute approximate surface area is 241 Å². The fourth-order valence-electron chi connectivity index (χ4n) is 4.14. The number of nitrogens with zero attached hydrogens (tertiary/aromatic N) is 1. The molecule has 0 spiro atoms. The molecule has 218 valence electrons. The van der Waals surface area contributed by atoms with E-state index < -0.39 is 0 Å². The first-order chi connectivity index (χ1) is 20.1. The molecular weight excluding hydrogens is 522 g/mol. The molecule has 41 heavy (non-hydrogen) atoms. The summed E-state index contributed by atoms with van der Waals surface area (Å²) in [6.45, 7) is 3.49. The molecule has 0 saturated carbocycles. The molecule has 0 amide bonds. The van der Waals surface area contributed by atoms with Gasteiger partial charge in [0.05, 0.1) is 52.9 Å². The van der Waals surface area contributed by atoms with E-state index in [2.05, 4.69) is 0 Å². The molecular formula is C33H39NO7. The van der Waals surface area contributed by atoms with Crippen LogP contribution in [-0.4, -0.2) is 87.7 Å². The fourth-order valence-corrected chi connectivity index (χ4v) is 4.14. The van der Waals surface area contributed by atoms with Crippen LogP contribution in [0, 0.1) is 0 Å². The molecule has 0 heterocycles. The molecule has 0 aliphatic heterocycles. The number of ketones is 2. The number of hydrogen-bond donors (Lipinski definition) is 2. The van der Waals surface area contributed by atoms with Gasteiger partial charge in [0.1, 0.15) is 0 Å². The van der Waals surface area contributed by atoms with Crippen LogP contribution in [0.5, 0.6) is 0 Å². The molecule has 0 aliphatic carbocycles. The molecule has 8 heteroatoms. The number of ether oxygens (including phenoxy) is 3. The monoisotopic (exact) mass is 561 g/mol. The number of carbonyl (C=O) groups is 2. The maximum absolute atomic E-state index is 13.1. The van der Waals surface area contributed by atoms with Gasteiger partial charge in [0.2, 0.25) is 0 Å². The molecule has 0 saturated heterocycles. The third-order valence-corrected chi connectivity index (χ3v) is 6.27. The van der Waals surface area contributed by atoms with Crippen molar-refractivity contribution in [3.8, 4) is 0 Å². The number of rotatable bonds is 20. The molecule has 0 unspecified atom stereocenters. The van der Waals surface area contributed by atoms with Crippen molar-refractivity contribution in [2.75, 3.05) is 70.8 Å². The number of benzene rings is 3. The van der Waals surface area contributed by atoms with E-state index in [1.54, 1.807) is 30.3 Å². The molecule has 0 aromatic heterocycles. The van der Waals surface area contributed by atoms with Crippen LogP contribution >= 0.6 is 0 Å². The van der Waals surface area contributed by atoms with Gasteiger partial charge >= 0.3 is 0 Å². The molecule has 3 rings (SSSR count). The Balaban J connectivity index is 1.64. The molecule has 3 aromatic rings. The summed E-state index contributed by atoms with van der Waals surface area (Å²) in [5.74, 6) is -0.228. The molecule has 3 aromatic carbocycles. The van der Waals surface area contributed by atoms with Gasteiger partial charge in [-0.15, -0.1) is 0 Å². The van der Waals surface area contributed by atoms with Crippen LogP contribution in [0.1, 0.15) is 32.7 Å². The predicted molar refractivity (Wildman–Crippen MR) is 159 cm³/mol. The quantitative estimate of drug-likeness (QED) is 0.121. The summed E-state index contributed by atoms with van der Waals surface area (Å²) in [6.07, 6.45) is 1.64. The minimum atomic E-state index is -0.161. The van der Waals surface area contributed by atoms with Crippen molar-refractivity contribution in [1.82, 2.24) is 0 Å². The van der Waals surface area contributed by atoms with E-state index in [0.717, 1.165) is 11.3 Å². The average molecular weight is 562 g/mol. The van der Waals surface area contributed by atoms with Crippen LogP contribution < -0.4 is 4.90 Å². The molecule has 0 aliphatic rings. The standard InChI is InChI=1S/C33H39NO7/c35-17-15-34(16-19-39-21-23-41-24-22-40-20-18-36)31-13-11-27(12-14-31)30(25-32(37)28-7-3-1-4-8-28)26-33(38)29-9-5-2-6-10-29/h1-14,25,35-36H,15-24,26H2/b30-25+. The second kappa shape index (κ2) is 18.6. The van der Waals surface area contributed by atoms with Gasteiger partial charge in [-0.3, -0.25) is 9.59 Å². The van der Waals surface area contributed by atoms with Gasteiger partial charge in [-0.25, -0.2) is 0 Å². The Morgan fingerprint density at radius 2 is 1.17 bits per heavy atom. The van der Waals surface area contributed by atoms with Gasteiger partial charge in [-0.05, 0) is 29.3 Å². The fraction of sp³-hybridized carbons (Fsp3) is 0.333. The lowest BCUT2D eigenvalue weighted by Gasteiger charge is -2.24. The maximum Gasteiger partial charge on any atom is 0.186 e. The Kier molecular flexibility index (Phi) is 14.5. The zero-order valence-electron chi connectivity index (χ0n) is 23.3. The van der Waals surface area contributed by atoms with Crippen LogP contribution in [0.3, 0.4) is 0 Å². The highest BCUT2D eigenvalue weighted by Gasteiger charge is 2.14. The van der Waals surface area contributed by atoms with Gasteiger partial charge in [0.25, 0.3) is 0 Å². The highest BCUT2D eigenvalue weighted by molar-refractivity contribution is 6.11. The molecule has 2 N–H and O–H groups in total. The summed E-state index contributed by atoms with van der Waals surface area (Å²) in [5.41, 5.74) is 3.47. The number of hydrogen-bond acceptors (Lipinski definition) is 8. The number of aliphatic hydroxyl groups excluding tert-OH is 2. The van der Waals surface area contributed by atoms with Gasteiger partial charge in [0.15, 0.2) is 11.6 Å². The zero-order chi connectivity index (χ0) is 29.1.